The lowest BCUT2D eigenvalue weighted by Gasteiger charge is -2.08. The number of nitrogens with zero attached hydrogens (tertiary/aromatic N) is 3. The van der Waals surface area contributed by atoms with Crippen LogP contribution in [0.4, 0.5) is 5.82 Å². The quantitative estimate of drug-likeness (QED) is 0.787. The fourth-order valence-corrected chi connectivity index (χ4v) is 3.21. The van der Waals surface area contributed by atoms with Crippen molar-refractivity contribution >= 4 is 34.7 Å². The van der Waals surface area contributed by atoms with E-state index in [1.165, 1.54) is 16.7 Å². The Bertz CT molecular complexity index is 850. The topological polar surface area (TPSA) is 64.0 Å². The molecule has 1 saturated heterocycles. The summed E-state index contributed by atoms with van der Waals surface area (Å²) in [5.41, 5.74) is 0.798. The molecule has 1 aromatic heterocycles. The summed E-state index contributed by atoms with van der Waals surface area (Å²) in [6.07, 6.45) is 3.46. The van der Waals surface area contributed by atoms with E-state index in [9.17, 15) is 4.79 Å². The van der Waals surface area contributed by atoms with Crippen LogP contribution >= 0.6 is 11.8 Å². The number of rotatable bonds is 4. The van der Waals surface area contributed by atoms with Crippen molar-refractivity contribution in [3.63, 3.8) is 0 Å². The second-order valence-electron chi connectivity index (χ2n) is 5.17. The third-order valence-corrected chi connectivity index (χ3v) is 4.65. The highest BCUT2D eigenvalue weighted by Crippen LogP contribution is 2.35. The minimum absolute atomic E-state index is 0.113. The van der Waals surface area contributed by atoms with Crippen LogP contribution in [0.2, 0.25) is 0 Å². The summed E-state index contributed by atoms with van der Waals surface area (Å²) in [5.74, 6) is 1.78. The lowest BCUT2D eigenvalue weighted by Crippen LogP contribution is -2.23. The van der Waals surface area contributed by atoms with Gasteiger partial charge in [0.1, 0.15) is 11.5 Å². The fourth-order valence-electron chi connectivity index (χ4n) is 2.25. The Hall–Kier alpha value is -2.80. The van der Waals surface area contributed by atoms with Crippen LogP contribution in [0.25, 0.3) is 6.08 Å². The van der Waals surface area contributed by atoms with Gasteiger partial charge in [-0.2, -0.15) is 0 Å². The molecule has 128 valence electrons. The van der Waals surface area contributed by atoms with Gasteiger partial charge in [0.05, 0.1) is 19.1 Å². The number of aromatic nitrogens is 1. The lowest BCUT2D eigenvalue weighted by atomic mass is 10.1. The third kappa shape index (κ3) is 3.66. The summed E-state index contributed by atoms with van der Waals surface area (Å²) in [6, 6.07) is 10.9. The van der Waals surface area contributed by atoms with Crippen molar-refractivity contribution in [2.45, 2.75) is 0 Å². The highest BCUT2D eigenvalue weighted by Gasteiger charge is 2.30. The molecule has 2 heterocycles. The smallest absolute Gasteiger partial charge is 0.266 e. The number of amidine groups is 1. The maximum atomic E-state index is 12.5. The first-order chi connectivity index (χ1) is 12.1. The van der Waals surface area contributed by atoms with Crippen LogP contribution in [0, 0.1) is 0 Å². The number of hydrogen-bond acceptors (Lipinski definition) is 6. The van der Waals surface area contributed by atoms with Crippen LogP contribution in [0.5, 0.6) is 11.5 Å². The summed E-state index contributed by atoms with van der Waals surface area (Å²) >= 11 is 1.31. The van der Waals surface area contributed by atoms with Gasteiger partial charge in [-0.1, -0.05) is 6.07 Å². The first-order valence-electron chi connectivity index (χ1n) is 7.51. The van der Waals surface area contributed by atoms with E-state index in [-0.39, 0.29) is 5.91 Å². The molecule has 0 bridgehead atoms. The first kappa shape index (κ1) is 17.0. The molecular weight excluding hydrogens is 338 g/mol. The van der Waals surface area contributed by atoms with E-state index in [4.69, 9.17) is 9.47 Å². The molecule has 7 heteroatoms. The van der Waals surface area contributed by atoms with Crippen molar-refractivity contribution in [3.8, 4) is 11.5 Å². The number of thioether (sulfide) groups is 1. The molecule has 3 rings (SSSR count). The van der Waals surface area contributed by atoms with Crippen LogP contribution in [-0.2, 0) is 4.79 Å². The van der Waals surface area contributed by atoms with Crippen LogP contribution < -0.4 is 9.47 Å². The third-order valence-electron chi connectivity index (χ3n) is 3.59. The molecule has 0 radical (unpaired) electrons. The number of carbonyl (C=O) groups excluding carboxylic acids is 1. The van der Waals surface area contributed by atoms with Gasteiger partial charge in [-0.3, -0.25) is 9.69 Å². The van der Waals surface area contributed by atoms with Crippen LogP contribution in [-0.4, -0.2) is 42.2 Å². The lowest BCUT2D eigenvalue weighted by molar-refractivity contribution is -0.121. The van der Waals surface area contributed by atoms with E-state index >= 15 is 0 Å². The zero-order valence-electron chi connectivity index (χ0n) is 14.1. The summed E-state index contributed by atoms with van der Waals surface area (Å²) < 4.78 is 10.6. The van der Waals surface area contributed by atoms with Gasteiger partial charge in [0, 0.05) is 24.9 Å². The molecule has 0 N–H and O–H groups in total. The number of methoxy groups -OCH3 is 2. The summed E-state index contributed by atoms with van der Waals surface area (Å²) in [7, 11) is 4.88. The largest absolute Gasteiger partial charge is 0.497 e. The van der Waals surface area contributed by atoms with Gasteiger partial charge in [-0.15, -0.1) is 0 Å². The number of aliphatic imine (C=N–C) groups is 1. The van der Waals surface area contributed by atoms with Crippen molar-refractivity contribution in [1.29, 1.82) is 0 Å². The van der Waals surface area contributed by atoms with Gasteiger partial charge in [-0.05, 0) is 42.1 Å². The summed E-state index contributed by atoms with van der Waals surface area (Å²) in [6.45, 7) is 0. The minimum atomic E-state index is -0.113. The van der Waals surface area contributed by atoms with E-state index in [0.29, 0.717) is 27.4 Å². The van der Waals surface area contributed by atoms with Gasteiger partial charge in [0.15, 0.2) is 11.0 Å². The Morgan fingerprint density at radius 2 is 2.04 bits per heavy atom. The average molecular weight is 355 g/mol. The number of carbonyl (C=O) groups is 1. The van der Waals surface area contributed by atoms with Crippen LogP contribution in [0.1, 0.15) is 5.56 Å². The van der Waals surface area contributed by atoms with E-state index in [1.54, 1.807) is 45.7 Å². The predicted molar refractivity (Wildman–Crippen MR) is 99.2 cm³/mol. The van der Waals surface area contributed by atoms with Crippen molar-refractivity contribution in [3.05, 3.63) is 53.1 Å². The molecule has 0 unspecified atom stereocenters. The molecule has 0 saturated carbocycles. The van der Waals surface area contributed by atoms with Crippen molar-refractivity contribution in [1.82, 2.24) is 9.88 Å². The molecule has 1 amide bonds. The first-order valence-corrected chi connectivity index (χ1v) is 8.33. The molecule has 1 fully saturated rings. The fraction of sp³-hybridized carbons (Fsp3) is 0.167. The SMILES string of the molecule is COc1ccc(/C=C2\S/C(=N/c3ccccn3)N(C)C2=O)c(OC)c1. The average Bonchev–Trinajstić information content (AvgIpc) is 2.91. The molecule has 2 aromatic rings. The number of amides is 1. The van der Waals surface area contributed by atoms with Crippen molar-refractivity contribution in [2.75, 3.05) is 21.3 Å². The predicted octanol–water partition coefficient (Wildman–Crippen LogP) is 3.33. The molecule has 25 heavy (non-hydrogen) atoms. The van der Waals surface area contributed by atoms with Crippen molar-refractivity contribution < 1.29 is 14.3 Å². The Kier molecular flexibility index (Phi) is 5.04. The number of ether oxygens (including phenoxy) is 2. The standard InChI is InChI=1S/C18H17N3O3S/c1-21-17(22)15(25-18(21)20-16-6-4-5-9-19-16)10-12-7-8-13(23-2)11-14(12)24-3/h4-11H,1-3H3/b15-10-,20-18+. The molecule has 1 aliphatic rings. The Balaban J connectivity index is 1.92. The van der Waals surface area contributed by atoms with Crippen LogP contribution in [0.15, 0.2) is 52.5 Å². The van der Waals surface area contributed by atoms with E-state index in [2.05, 4.69) is 9.98 Å². The molecular formula is C18H17N3O3S. The van der Waals surface area contributed by atoms with Gasteiger partial charge in [0.25, 0.3) is 5.91 Å². The molecule has 0 atom stereocenters. The molecule has 0 spiro atoms. The monoisotopic (exact) mass is 355 g/mol. The number of benzene rings is 1. The highest BCUT2D eigenvalue weighted by molar-refractivity contribution is 8.18. The van der Waals surface area contributed by atoms with Crippen molar-refractivity contribution in [2.24, 2.45) is 4.99 Å². The summed E-state index contributed by atoms with van der Waals surface area (Å²) in [4.78, 5) is 23.2. The van der Waals surface area contributed by atoms with Gasteiger partial charge in [-0.25, -0.2) is 9.98 Å². The Labute approximate surface area is 150 Å². The van der Waals surface area contributed by atoms with Gasteiger partial charge in [0.2, 0.25) is 0 Å². The van der Waals surface area contributed by atoms with Crippen LogP contribution in [0.3, 0.4) is 0 Å². The zero-order chi connectivity index (χ0) is 17.8. The van der Waals surface area contributed by atoms with Gasteiger partial charge >= 0.3 is 0 Å². The second-order valence-corrected chi connectivity index (χ2v) is 6.17. The molecule has 6 nitrogen and oxygen atoms in total. The number of likely N-dealkylation sites (N-methyl/N-ethyl adjacent to an activating group) is 1. The Morgan fingerprint density at radius 1 is 1.20 bits per heavy atom. The molecule has 0 aliphatic carbocycles. The van der Waals surface area contributed by atoms with E-state index in [1.807, 2.05) is 24.3 Å². The maximum Gasteiger partial charge on any atom is 0.266 e. The minimum Gasteiger partial charge on any atom is -0.497 e. The van der Waals surface area contributed by atoms with E-state index < -0.39 is 0 Å². The molecule has 1 aliphatic heterocycles. The van der Waals surface area contributed by atoms with Gasteiger partial charge < -0.3 is 9.47 Å². The summed E-state index contributed by atoms with van der Waals surface area (Å²) in [5, 5.41) is 0.586. The second kappa shape index (κ2) is 7.40. The maximum absolute atomic E-state index is 12.5. The number of hydrogen-bond donors (Lipinski definition) is 0. The normalized spacial score (nSPS) is 17.4. The van der Waals surface area contributed by atoms with E-state index in [0.717, 1.165) is 5.56 Å². The Morgan fingerprint density at radius 3 is 2.72 bits per heavy atom. The molecule has 1 aromatic carbocycles. The highest BCUT2D eigenvalue weighted by atomic mass is 32.2. The number of pyridine rings is 1. The zero-order valence-corrected chi connectivity index (χ0v) is 14.9.